The highest BCUT2D eigenvalue weighted by atomic mass is 35.5. The van der Waals surface area contributed by atoms with Crippen LogP contribution in [0, 0.1) is 11.3 Å². The minimum Gasteiger partial charge on any atom is -0.333 e. The summed E-state index contributed by atoms with van der Waals surface area (Å²) >= 11 is 13.5. The number of nitrogens with zero attached hydrogens (tertiary/aromatic N) is 1. The van der Waals surface area contributed by atoms with E-state index in [9.17, 15) is 10.1 Å². The van der Waals surface area contributed by atoms with Crippen LogP contribution in [0.1, 0.15) is 54.1 Å². The number of benzene rings is 1. The number of rotatable bonds is 2. The van der Waals surface area contributed by atoms with E-state index in [4.69, 9.17) is 23.2 Å². The van der Waals surface area contributed by atoms with Crippen molar-refractivity contribution in [2.75, 3.05) is 5.32 Å². The van der Waals surface area contributed by atoms with Gasteiger partial charge in [0.1, 0.15) is 16.6 Å². The second-order valence-corrected chi connectivity index (χ2v) is 9.70. The molecule has 3 N–H and O–H groups in total. The van der Waals surface area contributed by atoms with Gasteiger partial charge < -0.3 is 10.6 Å². The smallest absolute Gasteiger partial charge is 0.257 e. The number of fused-ring (bicyclic) bond motifs is 1. The van der Waals surface area contributed by atoms with Crippen LogP contribution in [0.4, 0.5) is 5.00 Å². The van der Waals surface area contributed by atoms with E-state index in [1.165, 1.54) is 17.4 Å². The highest BCUT2D eigenvalue weighted by Gasteiger charge is 2.44. The molecule has 0 aliphatic carbocycles. The van der Waals surface area contributed by atoms with Gasteiger partial charge >= 0.3 is 0 Å². The number of hydrogen-bond donors (Lipinski definition) is 2. The van der Waals surface area contributed by atoms with Crippen molar-refractivity contribution >= 4 is 45.4 Å². The number of halogens is 2. The number of nitrogens with one attached hydrogen (secondary N) is 1. The van der Waals surface area contributed by atoms with Crippen LogP contribution < -0.4 is 10.6 Å². The molecule has 0 unspecified atom stereocenters. The van der Waals surface area contributed by atoms with Gasteiger partial charge in [0.2, 0.25) is 0 Å². The van der Waals surface area contributed by atoms with E-state index in [1.54, 1.807) is 12.1 Å². The molecule has 3 rings (SSSR count). The summed E-state index contributed by atoms with van der Waals surface area (Å²) in [4.78, 5) is 13.8. The molecule has 0 saturated carbocycles. The minimum absolute atomic E-state index is 0.00998. The van der Waals surface area contributed by atoms with Gasteiger partial charge in [-0.3, -0.25) is 4.79 Å². The first kappa shape index (κ1) is 19.2. The summed E-state index contributed by atoms with van der Waals surface area (Å²) in [5.41, 5.74) is 1.75. The molecular formula is C19H20Cl2N3OS+. The summed E-state index contributed by atoms with van der Waals surface area (Å²) in [6.07, 6.45) is 0.780. The van der Waals surface area contributed by atoms with E-state index >= 15 is 0 Å². The van der Waals surface area contributed by atoms with E-state index in [0.717, 1.165) is 16.9 Å². The van der Waals surface area contributed by atoms with E-state index in [1.807, 2.05) is 0 Å². The second-order valence-electron chi connectivity index (χ2n) is 7.84. The lowest BCUT2D eigenvalue weighted by Gasteiger charge is -2.38. The third kappa shape index (κ3) is 3.47. The molecule has 7 heteroatoms. The Morgan fingerprint density at radius 2 is 2.00 bits per heavy atom. The Hall–Kier alpha value is -1.58. The van der Waals surface area contributed by atoms with Crippen LogP contribution in [0.2, 0.25) is 10.0 Å². The molecule has 2 aromatic rings. The molecular weight excluding hydrogens is 389 g/mol. The molecule has 0 bridgehead atoms. The van der Waals surface area contributed by atoms with Crippen molar-refractivity contribution < 1.29 is 10.1 Å². The fourth-order valence-electron chi connectivity index (χ4n) is 3.75. The number of hydrogen-bond acceptors (Lipinski definition) is 3. The monoisotopic (exact) mass is 408 g/mol. The number of thiophene rings is 1. The summed E-state index contributed by atoms with van der Waals surface area (Å²) in [5, 5.41) is 16.3. The maximum atomic E-state index is 12.7. The van der Waals surface area contributed by atoms with Crippen molar-refractivity contribution in [3.63, 3.8) is 0 Å². The Balaban J connectivity index is 2.01. The summed E-state index contributed by atoms with van der Waals surface area (Å²) in [7, 11) is 0. The minimum atomic E-state index is -0.345. The van der Waals surface area contributed by atoms with Gasteiger partial charge in [0, 0.05) is 11.4 Å². The molecule has 1 aromatic heterocycles. The molecule has 1 amide bonds. The molecule has 26 heavy (non-hydrogen) atoms. The maximum Gasteiger partial charge on any atom is 0.257 e. The highest BCUT2D eigenvalue weighted by molar-refractivity contribution is 7.17. The molecule has 1 aliphatic heterocycles. The van der Waals surface area contributed by atoms with Crippen LogP contribution in [0.5, 0.6) is 0 Å². The second kappa shape index (κ2) is 6.54. The maximum absolute atomic E-state index is 12.7. The van der Waals surface area contributed by atoms with Gasteiger partial charge in [-0.2, -0.15) is 5.26 Å². The Kier molecular flexibility index (Phi) is 4.83. The van der Waals surface area contributed by atoms with Crippen molar-refractivity contribution in [3.8, 4) is 6.07 Å². The average Bonchev–Trinajstić information content (AvgIpc) is 2.82. The zero-order chi connectivity index (χ0) is 19.3. The molecule has 0 atom stereocenters. The molecule has 0 radical (unpaired) electrons. The normalized spacial score (nSPS) is 17.3. The van der Waals surface area contributed by atoms with Crippen LogP contribution in [-0.2, 0) is 12.0 Å². The average molecular weight is 409 g/mol. The van der Waals surface area contributed by atoms with Crippen molar-refractivity contribution in [1.82, 2.24) is 0 Å². The van der Waals surface area contributed by atoms with Gasteiger partial charge in [0.05, 0.1) is 26.6 Å². The number of amides is 1. The Morgan fingerprint density at radius 3 is 2.62 bits per heavy atom. The van der Waals surface area contributed by atoms with E-state index in [2.05, 4.69) is 44.4 Å². The summed E-state index contributed by atoms with van der Waals surface area (Å²) in [6.45, 7) is 8.63. The molecule has 2 heterocycles. The van der Waals surface area contributed by atoms with Gasteiger partial charge in [-0.25, -0.2) is 0 Å². The lowest BCUT2D eigenvalue weighted by molar-refractivity contribution is -0.789. The molecule has 4 nitrogen and oxygen atoms in total. The van der Waals surface area contributed by atoms with Gasteiger partial charge in [-0.1, -0.05) is 23.2 Å². The lowest BCUT2D eigenvalue weighted by atomic mass is 9.81. The van der Waals surface area contributed by atoms with Crippen LogP contribution in [0.25, 0.3) is 0 Å². The Bertz CT molecular complexity index is 941. The summed E-state index contributed by atoms with van der Waals surface area (Å²) in [5.74, 6) is -0.345. The molecule has 136 valence electrons. The molecule has 0 saturated heterocycles. The molecule has 1 aromatic carbocycles. The zero-order valence-electron chi connectivity index (χ0n) is 15.0. The molecule has 0 fully saturated rings. The van der Waals surface area contributed by atoms with Crippen molar-refractivity contribution in [2.45, 2.75) is 45.2 Å². The van der Waals surface area contributed by atoms with Gasteiger partial charge in [-0.15, -0.1) is 11.3 Å². The van der Waals surface area contributed by atoms with Crippen molar-refractivity contribution in [2.24, 2.45) is 0 Å². The number of quaternary nitrogens is 1. The van der Waals surface area contributed by atoms with E-state index < -0.39 is 0 Å². The number of nitriles is 1. The van der Waals surface area contributed by atoms with Gasteiger partial charge in [-0.05, 0) is 51.5 Å². The Morgan fingerprint density at radius 1 is 1.31 bits per heavy atom. The molecule has 1 aliphatic rings. The van der Waals surface area contributed by atoms with E-state index in [0.29, 0.717) is 21.2 Å². The zero-order valence-corrected chi connectivity index (χ0v) is 17.4. The predicted molar refractivity (Wildman–Crippen MR) is 106 cm³/mol. The predicted octanol–water partition coefficient (Wildman–Crippen LogP) is 4.31. The SMILES string of the molecule is CC1(C)Cc2c(sc(NC(=O)c3ccc(Cl)cc3Cl)c2C#N)C(C)(C)[NH2+]1. The fraction of sp³-hybridized carbons (Fsp3) is 0.368. The number of carbonyl (C=O) groups is 1. The topological polar surface area (TPSA) is 69.5 Å². The van der Waals surface area contributed by atoms with E-state index in [-0.39, 0.29) is 22.0 Å². The highest BCUT2D eigenvalue weighted by Crippen LogP contribution is 2.42. The Labute approximate surface area is 167 Å². The summed E-state index contributed by atoms with van der Waals surface area (Å²) in [6, 6.07) is 7.02. The van der Waals surface area contributed by atoms with Crippen LogP contribution >= 0.6 is 34.5 Å². The fourth-order valence-corrected chi connectivity index (χ4v) is 5.49. The first-order chi connectivity index (χ1) is 12.0. The summed E-state index contributed by atoms with van der Waals surface area (Å²) < 4.78 is 0. The standard InChI is InChI=1S/C19H19Cl2N3OS/c1-18(2)8-12-13(9-22)17(26-15(12)19(3,4)24-18)23-16(25)11-6-5-10(20)7-14(11)21/h5-7,24H,8H2,1-4H3,(H,23,25)/p+1. The first-order valence-corrected chi connectivity index (χ1v) is 9.81. The van der Waals surface area contributed by atoms with Crippen LogP contribution in [0.15, 0.2) is 18.2 Å². The largest absolute Gasteiger partial charge is 0.333 e. The van der Waals surface area contributed by atoms with Gasteiger partial charge in [0.15, 0.2) is 0 Å². The third-order valence-electron chi connectivity index (χ3n) is 4.49. The quantitative estimate of drug-likeness (QED) is 0.776. The van der Waals surface area contributed by atoms with Gasteiger partial charge in [0.25, 0.3) is 5.91 Å². The van der Waals surface area contributed by atoms with Crippen molar-refractivity contribution in [3.05, 3.63) is 49.8 Å². The number of carbonyl (C=O) groups excluding carboxylic acids is 1. The number of nitrogens with two attached hydrogens (primary N) is 1. The lowest BCUT2D eigenvalue weighted by Crippen LogP contribution is -3.03. The molecule has 0 spiro atoms. The number of anilines is 1. The first-order valence-electron chi connectivity index (χ1n) is 8.24. The van der Waals surface area contributed by atoms with Crippen LogP contribution in [0.3, 0.4) is 0 Å². The third-order valence-corrected chi connectivity index (χ3v) is 6.53. The van der Waals surface area contributed by atoms with Crippen molar-refractivity contribution in [1.29, 1.82) is 5.26 Å². The van der Waals surface area contributed by atoms with Crippen LogP contribution in [-0.4, -0.2) is 11.4 Å².